The Morgan fingerprint density at radius 3 is 2.23 bits per heavy atom. The van der Waals surface area contributed by atoms with E-state index in [0.717, 1.165) is 20.1 Å². The Kier molecular flexibility index (Phi) is 5.97. The Hall–Kier alpha value is -1.40. The van der Waals surface area contributed by atoms with E-state index in [0.29, 0.717) is 18.8 Å². The van der Waals surface area contributed by atoms with Gasteiger partial charge in [0.05, 0.1) is 8.95 Å². The molecule has 0 fully saturated rings. The third-order valence-electron chi connectivity index (χ3n) is 2.98. The molecule has 0 aliphatic rings. The molecule has 116 valence electrons. The molecule has 2 rings (SSSR count). The summed E-state index contributed by atoms with van der Waals surface area (Å²) < 4.78 is 20.1. The lowest BCUT2D eigenvalue weighted by atomic mass is 10.1. The number of hydrogen-bond acceptors (Lipinski definition) is 2. The number of rotatable bonds is 6. The first-order valence-electron chi connectivity index (χ1n) is 6.52. The molecule has 0 aliphatic heterocycles. The largest absolute Gasteiger partial charge is 0.487 e. The third kappa shape index (κ3) is 4.81. The molecule has 22 heavy (non-hydrogen) atoms. The number of carbonyl (C=O) groups is 1. The summed E-state index contributed by atoms with van der Waals surface area (Å²) in [6.45, 7) is 0.311. The van der Waals surface area contributed by atoms with E-state index in [1.54, 1.807) is 12.1 Å². The summed E-state index contributed by atoms with van der Waals surface area (Å²) in [5.74, 6) is -0.485. The highest BCUT2D eigenvalue weighted by Gasteiger charge is 2.10. The summed E-state index contributed by atoms with van der Waals surface area (Å²) in [6, 6.07) is 9.79. The molecule has 0 aliphatic carbocycles. The van der Waals surface area contributed by atoms with E-state index in [9.17, 15) is 9.18 Å². The maximum Gasteiger partial charge on any atom is 0.303 e. The van der Waals surface area contributed by atoms with Crippen LogP contribution in [-0.2, 0) is 17.8 Å². The average molecular weight is 432 g/mol. The number of aryl methyl sites for hydroxylation is 1. The van der Waals surface area contributed by atoms with Gasteiger partial charge in [-0.25, -0.2) is 4.39 Å². The van der Waals surface area contributed by atoms with E-state index < -0.39 is 5.97 Å². The second-order valence-electron chi connectivity index (χ2n) is 4.70. The second-order valence-corrected chi connectivity index (χ2v) is 6.41. The average Bonchev–Trinajstić information content (AvgIpc) is 2.46. The fourth-order valence-electron chi connectivity index (χ4n) is 1.88. The van der Waals surface area contributed by atoms with Gasteiger partial charge in [0.2, 0.25) is 0 Å². The van der Waals surface area contributed by atoms with Crippen molar-refractivity contribution in [1.29, 1.82) is 0 Å². The Balaban J connectivity index is 2.07. The van der Waals surface area contributed by atoms with Crippen molar-refractivity contribution >= 4 is 37.8 Å². The molecule has 0 atom stereocenters. The Bertz CT molecular complexity index is 649. The number of carboxylic acid groups (broad SMARTS) is 1. The van der Waals surface area contributed by atoms with Crippen molar-refractivity contribution in [3.8, 4) is 5.75 Å². The minimum Gasteiger partial charge on any atom is -0.487 e. The van der Waals surface area contributed by atoms with Crippen LogP contribution in [0.1, 0.15) is 17.5 Å². The summed E-state index contributed by atoms with van der Waals surface area (Å²) in [5, 5.41) is 8.72. The number of ether oxygens (including phenoxy) is 1. The lowest BCUT2D eigenvalue weighted by Gasteiger charge is -2.12. The molecule has 2 aromatic rings. The van der Waals surface area contributed by atoms with Crippen molar-refractivity contribution in [1.82, 2.24) is 0 Å². The van der Waals surface area contributed by atoms with Crippen molar-refractivity contribution in [2.45, 2.75) is 19.4 Å². The minimum atomic E-state index is -0.830. The van der Waals surface area contributed by atoms with E-state index >= 15 is 0 Å². The summed E-state index contributed by atoms with van der Waals surface area (Å²) in [7, 11) is 0. The predicted octanol–water partition coefficient (Wildman–Crippen LogP) is 4.95. The Morgan fingerprint density at radius 1 is 1.09 bits per heavy atom. The molecule has 0 amide bonds. The molecule has 6 heteroatoms. The number of halogens is 3. The van der Waals surface area contributed by atoms with E-state index in [-0.39, 0.29) is 12.2 Å². The first kappa shape index (κ1) is 17.0. The van der Waals surface area contributed by atoms with Crippen LogP contribution in [0.3, 0.4) is 0 Å². The number of carboxylic acids is 1. The lowest BCUT2D eigenvalue weighted by Crippen LogP contribution is -2.00. The van der Waals surface area contributed by atoms with Gasteiger partial charge >= 0.3 is 5.97 Å². The molecule has 0 bridgehead atoms. The highest BCUT2D eigenvalue weighted by molar-refractivity contribution is 9.11. The van der Waals surface area contributed by atoms with Crippen LogP contribution in [0.2, 0.25) is 0 Å². The molecular formula is C16H13Br2FO3. The summed E-state index contributed by atoms with van der Waals surface area (Å²) in [5.41, 5.74) is 1.76. The molecule has 0 spiro atoms. The summed E-state index contributed by atoms with van der Waals surface area (Å²) in [6.07, 6.45) is 0.527. The number of hydrogen-bond donors (Lipinski definition) is 1. The van der Waals surface area contributed by atoms with Crippen molar-refractivity contribution in [2.24, 2.45) is 0 Å². The molecule has 0 unspecified atom stereocenters. The van der Waals surface area contributed by atoms with Crippen LogP contribution in [-0.4, -0.2) is 11.1 Å². The molecule has 1 N–H and O–H groups in total. The maximum atomic E-state index is 12.9. The van der Waals surface area contributed by atoms with Crippen LogP contribution in [0.25, 0.3) is 0 Å². The van der Waals surface area contributed by atoms with Crippen LogP contribution >= 0.6 is 31.9 Å². The molecule has 0 heterocycles. The van der Waals surface area contributed by atoms with Crippen molar-refractivity contribution in [3.05, 3.63) is 62.3 Å². The van der Waals surface area contributed by atoms with Crippen LogP contribution in [0, 0.1) is 5.82 Å². The molecule has 2 aromatic carbocycles. The molecule has 0 aromatic heterocycles. The quantitative estimate of drug-likeness (QED) is 0.703. The van der Waals surface area contributed by atoms with Gasteiger partial charge in [0.1, 0.15) is 18.2 Å². The molecule has 0 saturated carbocycles. The zero-order chi connectivity index (χ0) is 16.1. The van der Waals surface area contributed by atoms with E-state index in [1.807, 2.05) is 12.1 Å². The van der Waals surface area contributed by atoms with Gasteiger partial charge in [-0.15, -0.1) is 0 Å². The van der Waals surface area contributed by atoms with E-state index in [1.165, 1.54) is 12.1 Å². The minimum absolute atomic E-state index is 0.0780. The number of benzene rings is 2. The molecule has 0 radical (unpaired) electrons. The summed E-state index contributed by atoms with van der Waals surface area (Å²) >= 11 is 6.86. The zero-order valence-electron chi connectivity index (χ0n) is 11.5. The van der Waals surface area contributed by atoms with Gasteiger partial charge in [0.25, 0.3) is 0 Å². The van der Waals surface area contributed by atoms with Gasteiger partial charge in [-0.05, 0) is 73.7 Å². The van der Waals surface area contributed by atoms with E-state index in [2.05, 4.69) is 31.9 Å². The Labute approximate surface area is 144 Å². The summed E-state index contributed by atoms with van der Waals surface area (Å²) in [4.78, 5) is 10.6. The fraction of sp³-hybridized carbons (Fsp3) is 0.188. The first-order chi connectivity index (χ1) is 10.5. The topological polar surface area (TPSA) is 46.5 Å². The van der Waals surface area contributed by atoms with Crippen molar-refractivity contribution in [3.63, 3.8) is 0 Å². The second kappa shape index (κ2) is 7.74. The van der Waals surface area contributed by atoms with Crippen LogP contribution < -0.4 is 4.74 Å². The number of aliphatic carboxylic acids is 1. The van der Waals surface area contributed by atoms with Gasteiger partial charge in [-0.1, -0.05) is 12.1 Å². The van der Waals surface area contributed by atoms with E-state index in [4.69, 9.17) is 9.84 Å². The van der Waals surface area contributed by atoms with Gasteiger partial charge in [-0.3, -0.25) is 4.79 Å². The van der Waals surface area contributed by atoms with Crippen molar-refractivity contribution < 1.29 is 19.0 Å². The zero-order valence-corrected chi connectivity index (χ0v) is 14.7. The van der Waals surface area contributed by atoms with Crippen LogP contribution in [0.15, 0.2) is 45.3 Å². The highest BCUT2D eigenvalue weighted by atomic mass is 79.9. The van der Waals surface area contributed by atoms with Gasteiger partial charge in [0, 0.05) is 6.42 Å². The monoisotopic (exact) mass is 430 g/mol. The van der Waals surface area contributed by atoms with Crippen LogP contribution in [0.4, 0.5) is 4.39 Å². The first-order valence-corrected chi connectivity index (χ1v) is 8.11. The van der Waals surface area contributed by atoms with Crippen molar-refractivity contribution in [2.75, 3.05) is 0 Å². The molecule has 3 nitrogen and oxygen atoms in total. The maximum absolute atomic E-state index is 12.9. The van der Waals surface area contributed by atoms with Gasteiger partial charge in [0.15, 0.2) is 0 Å². The van der Waals surface area contributed by atoms with Crippen LogP contribution in [0.5, 0.6) is 5.75 Å². The lowest BCUT2D eigenvalue weighted by molar-refractivity contribution is -0.136. The normalized spacial score (nSPS) is 10.5. The highest BCUT2D eigenvalue weighted by Crippen LogP contribution is 2.35. The third-order valence-corrected chi connectivity index (χ3v) is 4.16. The Morgan fingerprint density at radius 2 is 1.68 bits per heavy atom. The SMILES string of the molecule is O=C(O)CCc1cc(Br)c(OCc2ccc(F)cc2)c(Br)c1. The predicted molar refractivity (Wildman–Crippen MR) is 88.5 cm³/mol. The molecule has 0 saturated heterocycles. The smallest absolute Gasteiger partial charge is 0.303 e. The van der Waals surface area contributed by atoms with Gasteiger partial charge < -0.3 is 9.84 Å². The standard InChI is InChI=1S/C16H13Br2FO3/c17-13-7-11(3-6-15(20)21)8-14(18)16(13)22-9-10-1-4-12(19)5-2-10/h1-2,4-5,7-8H,3,6,9H2,(H,20,21). The fourth-order valence-corrected chi connectivity index (χ4v) is 3.39. The molecular weight excluding hydrogens is 419 g/mol. The van der Waals surface area contributed by atoms with Gasteiger partial charge in [-0.2, -0.15) is 0 Å².